The zero-order valence-electron chi connectivity index (χ0n) is 18.3. The molecule has 1 saturated heterocycles. The van der Waals surface area contributed by atoms with Crippen LogP contribution >= 0.6 is 15.9 Å². The standard InChI is InChI=1S/C21H28BrN3O6S/c1-3-18(26)25-7-5-15-13-16(22)14-17(20(15)25)32(29,30)12-6-19(27)23-8-10-24(11-9-23)21(28)31-4-2/h13-14H,3-12H2,1-2H3. The second kappa shape index (κ2) is 10.2. The summed E-state index contributed by atoms with van der Waals surface area (Å²) in [5.41, 5.74) is 1.25. The number of rotatable bonds is 6. The van der Waals surface area contributed by atoms with E-state index in [4.69, 9.17) is 4.74 Å². The summed E-state index contributed by atoms with van der Waals surface area (Å²) in [4.78, 5) is 41.5. The van der Waals surface area contributed by atoms with Crippen molar-refractivity contribution in [3.8, 4) is 0 Å². The van der Waals surface area contributed by atoms with E-state index < -0.39 is 15.9 Å². The molecule has 9 nitrogen and oxygen atoms in total. The second-order valence-electron chi connectivity index (χ2n) is 7.70. The van der Waals surface area contributed by atoms with Gasteiger partial charge in [-0.05, 0) is 31.0 Å². The maximum Gasteiger partial charge on any atom is 0.409 e. The number of carbonyl (C=O) groups is 3. The van der Waals surface area contributed by atoms with Crippen LogP contribution in [0, 0.1) is 0 Å². The largest absolute Gasteiger partial charge is 0.450 e. The van der Waals surface area contributed by atoms with E-state index in [0.29, 0.717) is 49.3 Å². The van der Waals surface area contributed by atoms with Gasteiger partial charge in [0.1, 0.15) is 0 Å². The number of hydrogen-bond donors (Lipinski definition) is 0. The van der Waals surface area contributed by atoms with Gasteiger partial charge in [-0.15, -0.1) is 0 Å². The summed E-state index contributed by atoms with van der Waals surface area (Å²) in [5, 5.41) is 0. The van der Waals surface area contributed by atoms with Crippen LogP contribution in [-0.2, 0) is 30.6 Å². The first-order chi connectivity index (χ1) is 15.2. The first-order valence-corrected chi connectivity index (χ1v) is 13.2. The summed E-state index contributed by atoms with van der Waals surface area (Å²) in [6, 6.07) is 3.35. The Morgan fingerprint density at radius 1 is 1.00 bits per heavy atom. The van der Waals surface area contributed by atoms with Gasteiger partial charge in [-0.1, -0.05) is 22.9 Å². The van der Waals surface area contributed by atoms with Gasteiger partial charge in [0.05, 0.1) is 22.9 Å². The minimum absolute atomic E-state index is 0.0844. The first kappa shape index (κ1) is 24.5. The van der Waals surface area contributed by atoms with Crippen molar-refractivity contribution in [1.29, 1.82) is 0 Å². The molecule has 2 aliphatic rings. The summed E-state index contributed by atoms with van der Waals surface area (Å²) in [6.07, 6.45) is 0.305. The molecule has 0 aromatic heterocycles. The van der Waals surface area contributed by atoms with Crippen LogP contribution in [0.4, 0.5) is 10.5 Å². The molecule has 0 N–H and O–H groups in total. The Morgan fingerprint density at radius 3 is 2.28 bits per heavy atom. The molecule has 0 spiro atoms. The molecule has 2 aliphatic heterocycles. The van der Waals surface area contributed by atoms with Crippen LogP contribution in [0.3, 0.4) is 0 Å². The Hall–Kier alpha value is -2.14. The fraction of sp³-hybridized carbons (Fsp3) is 0.571. The molecule has 0 atom stereocenters. The maximum absolute atomic E-state index is 13.2. The smallest absolute Gasteiger partial charge is 0.409 e. The topological polar surface area (TPSA) is 104 Å². The molecule has 3 amide bonds. The van der Waals surface area contributed by atoms with Crippen LogP contribution in [0.15, 0.2) is 21.5 Å². The lowest BCUT2D eigenvalue weighted by atomic mass is 10.2. The number of halogens is 1. The van der Waals surface area contributed by atoms with Crippen molar-refractivity contribution in [2.24, 2.45) is 0 Å². The van der Waals surface area contributed by atoms with E-state index in [1.54, 1.807) is 18.7 Å². The fourth-order valence-electron chi connectivity index (χ4n) is 3.99. The summed E-state index contributed by atoms with van der Waals surface area (Å²) in [5.74, 6) is -0.746. The summed E-state index contributed by atoms with van der Waals surface area (Å²) in [6.45, 7) is 5.59. The highest BCUT2D eigenvalue weighted by atomic mass is 79.9. The third-order valence-corrected chi connectivity index (χ3v) is 7.86. The lowest BCUT2D eigenvalue weighted by Crippen LogP contribution is -2.50. The Morgan fingerprint density at radius 2 is 1.66 bits per heavy atom. The van der Waals surface area contributed by atoms with Crippen molar-refractivity contribution in [3.05, 3.63) is 22.2 Å². The van der Waals surface area contributed by atoms with E-state index in [-0.39, 0.29) is 41.9 Å². The average Bonchev–Trinajstić information content (AvgIpc) is 3.20. The lowest BCUT2D eigenvalue weighted by molar-refractivity contribution is -0.132. The zero-order valence-corrected chi connectivity index (χ0v) is 20.7. The maximum atomic E-state index is 13.2. The van der Waals surface area contributed by atoms with Gasteiger partial charge < -0.3 is 19.4 Å². The summed E-state index contributed by atoms with van der Waals surface area (Å²) >= 11 is 3.37. The van der Waals surface area contributed by atoms with Crippen LogP contribution in [0.2, 0.25) is 0 Å². The molecule has 0 radical (unpaired) electrons. The van der Waals surface area contributed by atoms with Crippen molar-refractivity contribution in [2.45, 2.75) is 38.0 Å². The predicted molar refractivity (Wildman–Crippen MR) is 122 cm³/mol. The van der Waals surface area contributed by atoms with Crippen molar-refractivity contribution in [2.75, 3.05) is 50.0 Å². The Balaban J connectivity index is 1.69. The highest BCUT2D eigenvalue weighted by Gasteiger charge is 2.33. The minimum atomic E-state index is -3.80. The molecular formula is C21H28BrN3O6S. The van der Waals surface area contributed by atoms with Crippen molar-refractivity contribution in [1.82, 2.24) is 9.80 Å². The van der Waals surface area contributed by atoms with Gasteiger partial charge in [0.25, 0.3) is 0 Å². The van der Waals surface area contributed by atoms with Crippen LogP contribution in [-0.4, -0.2) is 81.2 Å². The zero-order chi connectivity index (χ0) is 23.5. The highest BCUT2D eigenvalue weighted by Crippen LogP contribution is 2.38. The molecule has 2 heterocycles. The highest BCUT2D eigenvalue weighted by molar-refractivity contribution is 9.10. The number of benzene rings is 1. The molecule has 1 fully saturated rings. The monoisotopic (exact) mass is 529 g/mol. The second-order valence-corrected chi connectivity index (χ2v) is 10.7. The number of sulfone groups is 1. The van der Waals surface area contributed by atoms with E-state index in [0.717, 1.165) is 5.56 Å². The Kier molecular flexibility index (Phi) is 7.81. The van der Waals surface area contributed by atoms with E-state index in [1.165, 1.54) is 15.9 Å². The third kappa shape index (κ3) is 5.25. The van der Waals surface area contributed by atoms with Gasteiger partial charge in [-0.25, -0.2) is 13.2 Å². The van der Waals surface area contributed by atoms with E-state index in [1.807, 2.05) is 6.07 Å². The minimum Gasteiger partial charge on any atom is -0.450 e. The number of piperazine rings is 1. The lowest BCUT2D eigenvalue weighted by Gasteiger charge is -2.34. The molecule has 32 heavy (non-hydrogen) atoms. The molecule has 3 rings (SSSR count). The van der Waals surface area contributed by atoms with E-state index >= 15 is 0 Å². The van der Waals surface area contributed by atoms with Gasteiger partial charge in [0.2, 0.25) is 11.8 Å². The third-order valence-electron chi connectivity index (χ3n) is 5.67. The number of carbonyl (C=O) groups excluding carboxylic acids is 3. The molecule has 1 aromatic carbocycles. The number of ether oxygens (including phenoxy) is 1. The first-order valence-electron chi connectivity index (χ1n) is 10.7. The number of hydrogen-bond acceptors (Lipinski definition) is 6. The number of nitrogens with zero attached hydrogens (tertiary/aromatic N) is 3. The van der Waals surface area contributed by atoms with Gasteiger partial charge in [0, 0.05) is 50.0 Å². The van der Waals surface area contributed by atoms with Gasteiger partial charge in [0.15, 0.2) is 9.84 Å². The Labute approximate surface area is 196 Å². The normalized spacial score (nSPS) is 16.2. The summed E-state index contributed by atoms with van der Waals surface area (Å²) < 4.78 is 32.0. The molecule has 1 aromatic rings. The molecule has 11 heteroatoms. The summed E-state index contributed by atoms with van der Waals surface area (Å²) in [7, 11) is -3.80. The van der Waals surface area contributed by atoms with E-state index in [2.05, 4.69) is 15.9 Å². The van der Waals surface area contributed by atoms with Crippen molar-refractivity contribution >= 4 is 49.4 Å². The van der Waals surface area contributed by atoms with Crippen LogP contribution in [0.1, 0.15) is 32.3 Å². The number of anilines is 1. The van der Waals surface area contributed by atoms with Crippen LogP contribution < -0.4 is 4.90 Å². The van der Waals surface area contributed by atoms with Crippen LogP contribution in [0.5, 0.6) is 0 Å². The molecule has 0 aliphatic carbocycles. The van der Waals surface area contributed by atoms with Crippen molar-refractivity contribution < 1.29 is 27.5 Å². The molecule has 0 bridgehead atoms. The molecule has 176 valence electrons. The quantitative estimate of drug-likeness (QED) is 0.559. The van der Waals surface area contributed by atoms with Crippen molar-refractivity contribution in [3.63, 3.8) is 0 Å². The average molecular weight is 530 g/mol. The molecule has 0 unspecified atom stereocenters. The molecule has 0 saturated carbocycles. The molecular weight excluding hydrogens is 502 g/mol. The van der Waals surface area contributed by atoms with Gasteiger partial charge in [-0.2, -0.15) is 0 Å². The number of amides is 3. The van der Waals surface area contributed by atoms with Gasteiger partial charge in [-0.3, -0.25) is 9.59 Å². The Bertz CT molecular complexity index is 1010. The SMILES string of the molecule is CCOC(=O)N1CCN(C(=O)CCS(=O)(=O)c2cc(Br)cc3c2N(C(=O)CC)CC3)CC1. The number of fused-ring (bicyclic) bond motifs is 1. The predicted octanol–water partition coefficient (Wildman–Crippen LogP) is 2.21. The van der Waals surface area contributed by atoms with Crippen LogP contribution in [0.25, 0.3) is 0 Å². The fourth-order valence-corrected chi connectivity index (χ4v) is 6.15. The van der Waals surface area contributed by atoms with E-state index in [9.17, 15) is 22.8 Å². The van der Waals surface area contributed by atoms with Gasteiger partial charge >= 0.3 is 6.09 Å².